The van der Waals surface area contributed by atoms with Crippen LogP contribution in [0.25, 0.3) is 0 Å². The van der Waals surface area contributed by atoms with E-state index in [1.807, 2.05) is 49.4 Å². The Morgan fingerprint density at radius 1 is 1.00 bits per heavy atom. The van der Waals surface area contributed by atoms with Gasteiger partial charge in [-0.15, -0.1) is 0 Å². The van der Waals surface area contributed by atoms with E-state index in [1.165, 1.54) is 0 Å². The number of amides is 1. The second-order valence-corrected chi connectivity index (χ2v) is 8.18. The molecule has 2 aromatic carbocycles. The highest BCUT2D eigenvalue weighted by atomic mass is 35.6. The summed E-state index contributed by atoms with van der Waals surface area (Å²) in [4.78, 5) is 12.4. The fraction of sp³-hybridized carbons (Fsp3) is 0.176. The zero-order valence-corrected chi connectivity index (χ0v) is 16.8. The van der Waals surface area contributed by atoms with Gasteiger partial charge in [0.25, 0.3) is 5.91 Å². The predicted octanol–water partition coefficient (Wildman–Crippen LogP) is 3.91. The largest absolute Gasteiger partial charge is 0.338 e. The van der Waals surface area contributed by atoms with Crippen molar-refractivity contribution in [2.24, 2.45) is 0 Å². The summed E-state index contributed by atoms with van der Waals surface area (Å²) in [6.07, 6.45) is -1.04. The number of thiocarbonyl (C=S) groups is 1. The zero-order chi connectivity index (χ0) is 19.2. The van der Waals surface area contributed by atoms with Crippen LogP contribution in [0.4, 0.5) is 5.69 Å². The fourth-order valence-electron chi connectivity index (χ4n) is 1.94. The Labute approximate surface area is 172 Å². The van der Waals surface area contributed by atoms with Gasteiger partial charge in [0.05, 0.1) is 5.69 Å². The van der Waals surface area contributed by atoms with Crippen LogP contribution in [0.5, 0.6) is 0 Å². The summed E-state index contributed by atoms with van der Waals surface area (Å²) in [5, 5.41) is 5.54. The first-order valence-electron chi connectivity index (χ1n) is 7.57. The van der Waals surface area contributed by atoms with E-state index in [-0.39, 0.29) is 5.11 Å². The number of carbonyl (C=O) groups excluding carboxylic acids is 1. The van der Waals surface area contributed by atoms with Crippen LogP contribution in [-0.4, -0.2) is 21.0 Å². The highest BCUT2D eigenvalue weighted by molar-refractivity contribution is 7.80. The molecule has 0 bridgehead atoms. The summed E-state index contributed by atoms with van der Waals surface area (Å²) < 4.78 is -1.82. The molecule has 1 atom stereocenters. The van der Waals surface area contributed by atoms with E-state index in [2.05, 4.69) is 21.5 Å². The average molecular weight is 432 g/mol. The summed E-state index contributed by atoms with van der Waals surface area (Å²) in [5.74, 6) is -0.396. The number of alkyl halides is 3. The standard InChI is InChI=1S/C17H17Cl3N4OS/c1-11-7-9-12(10-8-11)14(25)21-15(17(18,19)20)22-16(26)24-23-13-5-3-2-4-6-13/h2-10,15,23H,1H3,(H,21,25)(H2,22,24,26)/t15-/m1/s1. The molecule has 5 nitrogen and oxygen atoms in total. The molecule has 138 valence electrons. The maximum Gasteiger partial charge on any atom is 0.252 e. The van der Waals surface area contributed by atoms with E-state index in [9.17, 15) is 4.79 Å². The Hall–Kier alpha value is -1.73. The van der Waals surface area contributed by atoms with Crippen LogP contribution in [0.2, 0.25) is 0 Å². The second-order valence-electron chi connectivity index (χ2n) is 5.40. The summed E-state index contributed by atoms with van der Waals surface area (Å²) in [7, 11) is 0. The lowest BCUT2D eigenvalue weighted by Crippen LogP contribution is -2.57. The van der Waals surface area contributed by atoms with Gasteiger partial charge in [-0.05, 0) is 43.4 Å². The van der Waals surface area contributed by atoms with Gasteiger partial charge in [0.15, 0.2) is 5.11 Å². The minimum Gasteiger partial charge on any atom is -0.338 e. The van der Waals surface area contributed by atoms with E-state index in [0.717, 1.165) is 11.3 Å². The molecule has 2 aromatic rings. The summed E-state index contributed by atoms with van der Waals surface area (Å²) in [6, 6.07) is 16.3. The number of halogens is 3. The third-order valence-electron chi connectivity index (χ3n) is 3.29. The van der Waals surface area contributed by atoms with Gasteiger partial charge in [0.1, 0.15) is 6.17 Å². The van der Waals surface area contributed by atoms with Crippen molar-refractivity contribution in [1.29, 1.82) is 0 Å². The van der Waals surface area contributed by atoms with E-state index >= 15 is 0 Å². The molecule has 0 saturated carbocycles. The Kier molecular flexibility index (Phi) is 7.34. The smallest absolute Gasteiger partial charge is 0.252 e. The van der Waals surface area contributed by atoms with Crippen molar-refractivity contribution >= 4 is 63.7 Å². The maximum atomic E-state index is 12.4. The van der Waals surface area contributed by atoms with E-state index < -0.39 is 15.9 Å². The topological polar surface area (TPSA) is 65.2 Å². The summed E-state index contributed by atoms with van der Waals surface area (Å²) in [6.45, 7) is 1.93. The number of carbonyl (C=O) groups is 1. The lowest BCUT2D eigenvalue weighted by molar-refractivity contribution is 0.0934. The number of rotatable bonds is 5. The molecule has 0 aliphatic carbocycles. The predicted molar refractivity (Wildman–Crippen MR) is 112 cm³/mol. The number of nitrogens with one attached hydrogen (secondary N) is 4. The van der Waals surface area contributed by atoms with Crippen molar-refractivity contribution in [2.45, 2.75) is 16.9 Å². The Balaban J connectivity index is 1.97. The van der Waals surface area contributed by atoms with E-state index in [0.29, 0.717) is 5.56 Å². The zero-order valence-electron chi connectivity index (χ0n) is 13.7. The summed E-state index contributed by atoms with van der Waals surface area (Å²) in [5.41, 5.74) is 7.94. The first-order chi connectivity index (χ1) is 12.3. The average Bonchev–Trinajstić information content (AvgIpc) is 2.60. The first-order valence-corrected chi connectivity index (χ1v) is 9.12. The Morgan fingerprint density at radius 3 is 2.19 bits per heavy atom. The summed E-state index contributed by atoms with van der Waals surface area (Å²) >= 11 is 23.1. The SMILES string of the molecule is Cc1ccc(C(=O)N[C@H](NC(=S)NNc2ccccc2)C(Cl)(Cl)Cl)cc1. The molecule has 0 spiro atoms. The van der Waals surface area contributed by atoms with Crippen molar-refractivity contribution in [3.63, 3.8) is 0 Å². The molecule has 0 aliphatic heterocycles. The number of benzene rings is 2. The third kappa shape index (κ3) is 6.53. The van der Waals surface area contributed by atoms with E-state index in [4.69, 9.17) is 47.0 Å². The molecule has 4 N–H and O–H groups in total. The Morgan fingerprint density at radius 2 is 1.62 bits per heavy atom. The molecule has 0 aliphatic rings. The molecular weight excluding hydrogens is 415 g/mol. The van der Waals surface area contributed by atoms with Gasteiger partial charge in [-0.25, -0.2) is 0 Å². The van der Waals surface area contributed by atoms with Gasteiger partial charge in [-0.1, -0.05) is 70.7 Å². The lowest BCUT2D eigenvalue weighted by atomic mass is 10.1. The quantitative estimate of drug-likeness (QED) is 0.250. The van der Waals surface area contributed by atoms with Crippen LogP contribution < -0.4 is 21.5 Å². The molecule has 0 fully saturated rings. The second kappa shape index (κ2) is 9.28. The number of anilines is 1. The van der Waals surface area contributed by atoms with Crippen molar-refractivity contribution < 1.29 is 4.79 Å². The van der Waals surface area contributed by atoms with Gasteiger partial charge >= 0.3 is 0 Å². The van der Waals surface area contributed by atoms with E-state index in [1.54, 1.807) is 12.1 Å². The van der Waals surface area contributed by atoms with Crippen LogP contribution in [0.3, 0.4) is 0 Å². The minimum absolute atomic E-state index is 0.148. The molecule has 0 heterocycles. The van der Waals surface area contributed by atoms with Crippen LogP contribution in [0, 0.1) is 6.92 Å². The van der Waals surface area contributed by atoms with Gasteiger partial charge in [0, 0.05) is 5.56 Å². The number of hydrogen-bond donors (Lipinski definition) is 4. The number of hydrazine groups is 1. The van der Waals surface area contributed by atoms with Crippen molar-refractivity contribution in [3.05, 3.63) is 65.7 Å². The molecule has 0 radical (unpaired) electrons. The van der Waals surface area contributed by atoms with Crippen molar-refractivity contribution in [2.75, 3.05) is 5.43 Å². The Bertz CT molecular complexity index is 751. The third-order valence-corrected chi connectivity index (χ3v) is 4.16. The number of hydrogen-bond acceptors (Lipinski definition) is 3. The maximum absolute atomic E-state index is 12.4. The van der Waals surface area contributed by atoms with Crippen molar-refractivity contribution in [3.8, 4) is 0 Å². The molecule has 0 saturated heterocycles. The van der Waals surface area contributed by atoms with Gasteiger partial charge in [0.2, 0.25) is 3.79 Å². The van der Waals surface area contributed by atoms with Crippen LogP contribution in [0.15, 0.2) is 54.6 Å². The minimum atomic E-state index is -1.82. The lowest BCUT2D eigenvalue weighted by Gasteiger charge is -2.28. The van der Waals surface area contributed by atoms with Crippen LogP contribution in [0.1, 0.15) is 15.9 Å². The fourth-order valence-corrected chi connectivity index (χ4v) is 2.43. The molecule has 0 unspecified atom stereocenters. The molecule has 26 heavy (non-hydrogen) atoms. The molecule has 2 rings (SSSR count). The number of para-hydroxylation sites is 1. The van der Waals surface area contributed by atoms with Gasteiger partial charge < -0.3 is 10.6 Å². The molecule has 9 heteroatoms. The number of aryl methyl sites for hydroxylation is 1. The van der Waals surface area contributed by atoms with Crippen LogP contribution >= 0.6 is 47.0 Å². The normalized spacial score (nSPS) is 12.0. The highest BCUT2D eigenvalue weighted by Crippen LogP contribution is 2.29. The van der Waals surface area contributed by atoms with Crippen LogP contribution in [-0.2, 0) is 0 Å². The first kappa shape index (κ1) is 20.6. The monoisotopic (exact) mass is 430 g/mol. The van der Waals surface area contributed by atoms with Gasteiger partial charge in [-0.2, -0.15) is 0 Å². The highest BCUT2D eigenvalue weighted by Gasteiger charge is 2.34. The molecule has 0 aromatic heterocycles. The molecular formula is C17H17Cl3N4OS. The van der Waals surface area contributed by atoms with Gasteiger partial charge in [-0.3, -0.25) is 15.6 Å². The van der Waals surface area contributed by atoms with Crippen molar-refractivity contribution in [1.82, 2.24) is 16.1 Å². The molecule has 1 amide bonds.